The zero-order valence-corrected chi connectivity index (χ0v) is 14.2. The van der Waals surface area contributed by atoms with Crippen molar-refractivity contribution in [3.8, 4) is 0 Å². The summed E-state index contributed by atoms with van der Waals surface area (Å²) in [6, 6.07) is 7.85. The average molecular weight is 355 g/mol. The van der Waals surface area contributed by atoms with Gasteiger partial charge in [0.2, 0.25) is 11.0 Å². The molecule has 0 aliphatic rings. The van der Waals surface area contributed by atoms with Gasteiger partial charge in [-0.05, 0) is 19.1 Å². The molecule has 0 fully saturated rings. The molecule has 0 radical (unpaired) electrons. The minimum Gasteiger partial charge on any atom is -0.381 e. The van der Waals surface area contributed by atoms with Crippen molar-refractivity contribution in [2.24, 2.45) is 0 Å². The maximum atomic E-state index is 12.1. The number of hydrogen-bond acceptors (Lipinski definition) is 7. The smallest absolute Gasteiger partial charge is 0.241 e. The molecule has 23 heavy (non-hydrogen) atoms. The lowest BCUT2D eigenvalue weighted by Gasteiger charge is -2.03. The zero-order valence-electron chi connectivity index (χ0n) is 12.6. The van der Waals surface area contributed by atoms with Crippen molar-refractivity contribution in [3.63, 3.8) is 0 Å². The van der Waals surface area contributed by atoms with Crippen LogP contribution in [0.1, 0.15) is 11.9 Å². The molecule has 0 bridgehead atoms. The lowest BCUT2D eigenvalue weighted by Crippen LogP contribution is -2.22. The number of ether oxygens (including phenoxy) is 1. The van der Waals surface area contributed by atoms with Crippen molar-refractivity contribution < 1.29 is 17.9 Å². The largest absolute Gasteiger partial charge is 0.381 e. The van der Waals surface area contributed by atoms with E-state index in [4.69, 9.17) is 4.74 Å². The molecule has 1 N–H and O–H groups in total. The highest BCUT2D eigenvalue weighted by Crippen LogP contribution is 2.16. The van der Waals surface area contributed by atoms with Gasteiger partial charge in [-0.1, -0.05) is 29.5 Å². The zero-order chi connectivity index (χ0) is 16.7. The van der Waals surface area contributed by atoms with Crippen LogP contribution >= 0.6 is 11.3 Å². The summed E-state index contributed by atoms with van der Waals surface area (Å²) in [4.78, 5) is 12.0. The highest BCUT2D eigenvalue weighted by atomic mass is 32.2. The first-order valence-electron chi connectivity index (χ1n) is 6.99. The fraction of sp³-hybridized carbons (Fsp3) is 0.357. The van der Waals surface area contributed by atoms with Crippen molar-refractivity contribution in [1.82, 2.24) is 10.2 Å². The first-order valence-corrected chi connectivity index (χ1v) is 9.46. The summed E-state index contributed by atoms with van der Waals surface area (Å²) in [6.07, 6.45) is 0.601. The van der Waals surface area contributed by atoms with Gasteiger partial charge in [-0.15, -0.1) is 10.2 Å². The molecule has 124 valence electrons. The van der Waals surface area contributed by atoms with Gasteiger partial charge >= 0.3 is 0 Å². The fourth-order valence-corrected chi connectivity index (χ4v) is 3.64. The monoisotopic (exact) mass is 355 g/mol. The molecule has 2 aromatic rings. The van der Waals surface area contributed by atoms with E-state index in [1.54, 1.807) is 18.2 Å². The number of carbonyl (C=O) groups is 1. The Morgan fingerprint density at radius 3 is 2.70 bits per heavy atom. The van der Waals surface area contributed by atoms with Gasteiger partial charge in [-0.25, -0.2) is 8.42 Å². The molecule has 0 aliphatic heterocycles. The number of hydrogen-bond donors (Lipinski definition) is 1. The van der Waals surface area contributed by atoms with E-state index >= 15 is 0 Å². The fourth-order valence-electron chi connectivity index (χ4n) is 1.75. The van der Waals surface area contributed by atoms with Crippen LogP contribution in [0.4, 0.5) is 5.13 Å². The van der Waals surface area contributed by atoms with Crippen LogP contribution in [0.5, 0.6) is 0 Å². The molecule has 0 saturated heterocycles. The van der Waals surface area contributed by atoms with Gasteiger partial charge in [0.1, 0.15) is 10.8 Å². The third-order valence-electron chi connectivity index (χ3n) is 2.80. The second-order valence-electron chi connectivity index (χ2n) is 4.57. The maximum Gasteiger partial charge on any atom is 0.241 e. The summed E-state index contributed by atoms with van der Waals surface area (Å²) in [5.41, 5.74) is 0. The molecular weight excluding hydrogens is 338 g/mol. The van der Waals surface area contributed by atoms with Crippen LogP contribution in [0, 0.1) is 0 Å². The predicted octanol–water partition coefficient (Wildman–Crippen LogP) is 1.53. The second-order valence-corrected chi connectivity index (χ2v) is 7.62. The third-order valence-corrected chi connectivity index (χ3v) is 5.33. The van der Waals surface area contributed by atoms with E-state index in [-0.39, 0.29) is 10.0 Å². The summed E-state index contributed by atoms with van der Waals surface area (Å²) in [5, 5.41) is 11.2. The van der Waals surface area contributed by atoms with Crippen LogP contribution in [0.2, 0.25) is 0 Å². The lowest BCUT2D eigenvalue weighted by molar-refractivity contribution is -0.113. The number of benzene rings is 1. The Kier molecular flexibility index (Phi) is 6.20. The van der Waals surface area contributed by atoms with Gasteiger partial charge < -0.3 is 4.74 Å². The second kappa shape index (κ2) is 8.14. The van der Waals surface area contributed by atoms with Crippen molar-refractivity contribution in [1.29, 1.82) is 0 Å². The van der Waals surface area contributed by atoms with Crippen molar-refractivity contribution >= 4 is 32.2 Å². The van der Waals surface area contributed by atoms with E-state index in [0.29, 0.717) is 19.6 Å². The summed E-state index contributed by atoms with van der Waals surface area (Å²) >= 11 is 1.20. The van der Waals surface area contributed by atoms with Crippen LogP contribution in [0.3, 0.4) is 0 Å². The number of amides is 1. The molecule has 0 spiro atoms. The normalized spacial score (nSPS) is 11.3. The number of sulfone groups is 1. The minimum absolute atomic E-state index is 0.116. The molecule has 1 aromatic carbocycles. The molecule has 0 unspecified atom stereocenters. The van der Waals surface area contributed by atoms with Crippen LogP contribution in [0.15, 0.2) is 35.2 Å². The average Bonchev–Trinajstić information content (AvgIpc) is 2.95. The highest BCUT2D eigenvalue weighted by Gasteiger charge is 2.20. The Hall–Kier alpha value is -1.84. The molecule has 9 heteroatoms. The van der Waals surface area contributed by atoms with Crippen LogP contribution in [-0.2, 0) is 25.8 Å². The first-order chi connectivity index (χ1) is 11.0. The number of aromatic nitrogens is 2. The van der Waals surface area contributed by atoms with E-state index in [1.807, 2.05) is 6.92 Å². The van der Waals surface area contributed by atoms with Crippen molar-refractivity contribution in [2.75, 3.05) is 24.3 Å². The predicted molar refractivity (Wildman–Crippen MR) is 87.2 cm³/mol. The standard InChI is InChI=1S/C14H17N3O4S2/c1-2-21-9-8-13-16-17-14(22-13)15-12(18)10-23(19,20)11-6-4-3-5-7-11/h3-7H,2,8-10H2,1H3,(H,15,17,18). The van der Waals surface area contributed by atoms with Gasteiger partial charge in [-0.3, -0.25) is 10.1 Å². The summed E-state index contributed by atoms with van der Waals surface area (Å²) in [5.74, 6) is -1.27. The van der Waals surface area contributed by atoms with E-state index in [2.05, 4.69) is 15.5 Å². The molecule has 7 nitrogen and oxygen atoms in total. The Labute approximate surface area is 138 Å². The summed E-state index contributed by atoms with van der Waals surface area (Å²) in [6.45, 7) is 3.06. The molecule has 0 saturated carbocycles. The van der Waals surface area contributed by atoms with Crippen molar-refractivity contribution in [3.05, 3.63) is 35.3 Å². The highest BCUT2D eigenvalue weighted by molar-refractivity contribution is 7.92. The van der Waals surface area contributed by atoms with E-state index in [1.165, 1.54) is 23.5 Å². The van der Waals surface area contributed by atoms with Gasteiger partial charge in [-0.2, -0.15) is 0 Å². The van der Waals surface area contributed by atoms with Gasteiger partial charge in [0, 0.05) is 13.0 Å². The number of nitrogens with zero attached hydrogens (tertiary/aromatic N) is 2. The van der Waals surface area contributed by atoms with Gasteiger partial charge in [0.05, 0.1) is 11.5 Å². The Balaban J connectivity index is 1.92. The van der Waals surface area contributed by atoms with Crippen molar-refractivity contribution in [2.45, 2.75) is 18.2 Å². The Morgan fingerprint density at radius 1 is 1.26 bits per heavy atom. The van der Waals surface area contributed by atoms with Crippen LogP contribution in [0.25, 0.3) is 0 Å². The molecule has 0 aliphatic carbocycles. The topological polar surface area (TPSA) is 98.2 Å². The number of carbonyl (C=O) groups excluding carboxylic acids is 1. The van der Waals surface area contributed by atoms with Crippen LogP contribution < -0.4 is 5.32 Å². The first kappa shape index (κ1) is 17.5. The third kappa shape index (κ3) is 5.38. The quantitative estimate of drug-likeness (QED) is 0.721. The van der Waals surface area contributed by atoms with E-state index in [0.717, 1.165) is 5.01 Å². The van der Waals surface area contributed by atoms with Crippen LogP contribution in [-0.4, -0.2) is 43.5 Å². The van der Waals surface area contributed by atoms with Gasteiger partial charge in [0.15, 0.2) is 9.84 Å². The minimum atomic E-state index is -3.67. The molecule has 1 amide bonds. The number of rotatable bonds is 8. The molecule has 1 aromatic heterocycles. The number of nitrogens with one attached hydrogen (secondary N) is 1. The van der Waals surface area contributed by atoms with E-state index in [9.17, 15) is 13.2 Å². The van der Waals surface area contributed by atoms with Gasteiger partial charge in [0.25, 0.3) is 0 Å². The molecule has 0 atom stereocenters. The lowest BCUT2D eigenvalue weighted by atomic mass is 10.4. The SMILES string of the molecule is CCOCCc1nnc(NC(=O)CS(=O)(=O)c2ccccc2)s1. The Morgan fingerprint density at radius 2 is 2.00 bits per heavy atom. The number of anilines is 1. The maximum absolute atomic E-state index is 12.1. The van der Waals surface area contributed by atoms with E-state index < -0.39 is 21.5 Å². The Bertz CT molecular complexity index is 744. The summed E-state index contributed by atoms with van der Waals surface area (Å²) < 4.78 is 29.4. The molecule has 1 heterocycles. The molecule has 2 rings (SSSR count). The molecular formula is C14H17N3O4S2. The summed E-state index contributed by atoms with van der Waals surface area (Å²) in [7, 11) is -3.67.